The highest BCUT2D eigenvalue weighted by Crippen LogP contribution is 2.24. The Kier molecular flexibility index (Phi) is 6.91. The molecule has 32 heavy (non-hydrogen) atoms. The first-order chi connectivity index (χ1) is 15.5. The van der Waals surface area contributed by atoms with Crippen LogP contribution in [0, 0.1) is 13.8 Å². The van der Waals surface area contributed by atoms with Gasteiger partial charge in [-0.1, -0.05) is 54.6 Å². The van der Waals surface area contributed by atoms with Crippen molar-refractivity contribution in [2.45, 2.75) is 33.4 Å². The molecule has 1 fully saturated rings. The maximum Gasteiger partial charge on any atom is 0.251 e. The highest BCUT2D eigenvalue weighted by Gasteiger charge is 2.19. The number of nitrogens with zero attached hydrogens (tertiary/aromatic N) is 2. The predicted molar refractivity (Wildman–Crippen MR) is 132 cm³/mol. The van der Waals surface area contributed by atoms with Crippen LogP contribution in [-0.2, 0) is 6.54 Å². The van der Waals surface area contributed by atoms with Crippen LogP contribution in [0.3, 0.4) is 0 Å². The van der Waals surface area contributed by atoms with E-state index in [1.54, 1.807) is 0 Å². The van der Waals surface area contributed by atoms with Crippen molar-refractivity contribution in [2.24, 2.45) is 0 Å². The summed E-state index contributed by atoms with van der Waals surface area (Å²) in [6, 6.07) is 24.6. The summed E-state index contributed by atoms with van der Waals surface area (Å²) >= 11 is 0. The minimum absolute atomic E-state index is 0.0169. The SMILES string of the molecule is Cc1cccc(N2CCN(Cc3ccc(C(=O)NC(C)c4ccccc4)cc3)CC2)c1C. The largest absolute Gasteiger partial charge is 0.369 e. The number of hydrogen-bond donors (Lipinski definition) is 1. The minimum Gasteiger partial charge on any atom is -0.369 e. The second-order valence-corrected chi connectivity index (χ2v) is 8.78. The normalized spacial score (nSPS) is 15.4. The topological polar surface area (TPSA) is 35.6 Å². The van der Waals surface area contributed by atoms with Gasteiger partial charge in [0.05, 0.1) is 6.04 Å². The van der Waals surface area contributed by atoms with Crippen LogP contribution >= 0.6 is 0 Å². The van der Waals surface area contributed by atoms with Gasteiger partial charge in [-0.2, -0.15) is 0 Å². The quantitative estimate of drug-likeness (QED) is 0.593. The Morgan fingerprint density at radius 1 is 0.875 bits per heavy atom. The van der Waals surface area contributed by atoms with Gasteiger partial charge in [0.25, 0.3) is 5.91 Å². The molecule has 166 valence electrons. The maximum absolute atomic E-state index is 12.6. The molecule has 1 aliphatic rings. The van der Waals surface area contributed by atoms with Crippen LogP contribution in [0.4, 0.5) is 5.69 Å². The van der Waals surface area contributed by atoms with Gasteiger partial charge < -0.3 is 10.2 Å². The molecule has 0 saturated carbocycles. The van der Waals surface area contributed by atoms with Crippen LogP contribution in [0.2, 0.25) is 0 Å². The molecule has 4 nitrogen and oxygen atoms in total. The molecule has 4 rings (SSSR count). The molecule has 1 N–H and O–H groups in total. The molecule has 1 atom stereocenters. The van der Waals surface area contributed by atoms with Crippen LogP contribution in [0.1, 0.15) is 45.6 Å². The summed E-state index contributed by atoms with van der Waals surface area (Å²) in [5.41, 5.74) is 7.17. The zero-order valence-corrected chi connectivity index (χ0v) is 19.3. The van der Waals surface area contributed by atoms with Crippen molar-refractivity contribution in [2.75, 3.05) is 31.1 Å². The third kappa shape index (κ3) is 5.20. The second-order valence-electron chi connectivity index (χ2n) is 8.78. The molecule has 4 heteroatoms. The zero-order chi connectivity index (χ0) is 22.5. The Hall–Kier alpha value is -3.11. The molecule has 0 bridgehead atoms. The number of piperazine rings is 1. The molecule has 1 unspecified atom stereocenters. The van der Waals surface area contributed by atoms with E-state index in [9.17, 15) is 4.79 Å². The van der Waals surface area contributed by atoms with E-state index in [0.29, 0.717) is 5.56 Å². The van der Waals surface area contributed by atoms with E-state index in [1.165, 1.54) is 22.4 Å². The summed E-state index contributed by atoms with van der Waals surface area (Å²) in [7, 11) is 0. The summed E-state index contributed by atoms with van der Waals surface area (Å²) in [6.07, 6.45) is 0. The van der Waals surface area contributed by atoms with Gasteiger partial charge in [-0.25, -0.2) is 0 Å². The standard InChI is InChI=1S/C28H33N3O/c1-21-8-7-11-27(22(21)2)31-18-16-30(17-19-31)20-24-12-14-26(15-13-24)28(32)29-23(3)25-9-5-4-6-10-25/h4-15,23H,16-20H2,1-3H3,(H,29,32). The van der Waals surface area contributed by atoms with E-state index < -0.39 is 0 Å². The van der Waals surface area contributed by atoms with Crippen molar-refractivity contribution < 1.29 is 4.79 Å². The van der Waals surface area contributed by atoms with Crippen molar-refractivity contribution in [3.63, 3.8) is 0 Å². The first-order valence-corrected chi connectivity index (χ1v) is 11.5. The lowest BCUT2D eigenvalue weighted by Crippen LogP contribution is -2.46. The monoisotopic (exact) mass is 427 g/mol. The first kappa shape index (κ1) is 22.1. The van der Waals surface area contributed by atoms with Gasteiger partial charge in [0.2, 0.25) is 0 Å². The number of hydrogen-bond acceptors (Lipinski definition) is 3. The van der Waals surface area contributed by atoms with Gasteiger partial charge in [-0.3, -0.25) is 9.69 Å². The molecule has 0 aromatic heterocycles. The summed E-state index contributed by atoms with van der Waals surface area (Å²) in [5.74, 6) is -0.0324. The summed E-state index contributed by atoms with van der Waals surface area (Å²) in [5, 5.41) is 3.09. The number of amides is 1. The van der Waals surface area contributed by atoms with E-state index in [-0.39, 0.29) is 11.9 Å². The van der Waals surface area contributed by atoms with Crippen molar-refractivity contribution in [1.29, 1.82) is 0 Å². The number of aryl methyl sites for hydroxylation is 1. The first-order valence-electron chi connectivity index (χ1n) is 11.5. The van der Waals surface area contributed by atoms with E-state index in [4.69, 9.17) is 0 Å². The average Bonchev–Trinajstić information content (AvgIpc) is 2.82. The summed E-state index contributed by atoms with van der Waals surface area (Å²) in [4.78, 5) is 17.6. The van der Waals surface area contributed by atoms with Gasteiger partial charge in [-0.15, -0.1) is 0 Å². The molecule has 0 radical (unpaired) electrons. The third-order valence-corrected chi connectivity index (χ3v) is 6.56. The number of carbonyl (C=O) groups excluding carboxylic acids is 1. The molecule has 3 aromatic carbocycles. The van der Waals surface area contributed by atoms with Crippen LogP contribution in [0.15, 0.2) is 72.8 Å². The molecule has 3 aromatic rings. The second kappa shape index (κ2) is 10.0. The van der Waals surface area contributed by atoms with Crippen molar-refractivity contribution in [3.05, 3.63) is 101 Å². The zero-order valence-electron chi connectivity index (χ0n) is 19.3. The molecule has 1 heterocycles. The fourth-order valence-corrected chi connectivity index (χ4v) is 4.35. The van der Waals surface area contributed by atoms with Gasteiger partial charge in [0.15, 0.2) is 0 Å². The average molecular weight is 428 g/mol. The van der Waals surface area contributed by atoms with Crippen LogP contribution in [-0.4, -0.2) is 37.0 Å². The molecule has 0 spiro atoms. The lowest BCUT2D eigenvalue weighted by atomic mass is 10.1. The predicted octanol–water partition coefficient (Wildman–Crippen LogP) is 5.12. The summed E-state index contributed by atoms with van der Waals surface area (Å²) < 4.78 is 0. The number of anilines is 1. The number of rotatable bonds is 6. The lowest BCUT2D eigenvalue weighted by Gasteiger charge is -2.37. The Morgan fingerprint density at radius 3 is 2.25 bits per heavy atom. The van der Waals surface area contributed by atoms with Gasteiger partial charge in [0, 0.05) is 44.0 Å². The van der Waals surface area contributed by atoms with Gasteiger partial charge >= 0.3 is 0 Å². The molecule has 0 aliphatic carbocycles. The molecule has 1 saturated heterocycles. The molecule has 1 aliphatic heterocycles. The fourth-order valence-electron chi connectivity index (χ4n) is 4.35. The molecule has 1 amide bonds. The summed E-state index contributed by atoms with van der Waals surface area (Å²) in [6.45, 7) is 11.5. The van der Waals surface area contributed by atoms with Gasteiger partial charge in [-0.05, 0) is 61.2 Å². The van der Waals surface area contributed by atoms with E-state index >= 15 is 0 Å². The molecular formula is C28H33N3O. The van der Waals surface area contributed by atoms with E-state index in [0.717, 1.165) is 38.3 Å². The number of benzene rings is 3. The Bertz CT molecular complexity index is 1040. The third-order valence-electron chi connectivity index (χ3n) is 6.56. The van der Waals surface area contributed by atoms with E-state index in [2.05, 4.69) is 59.3 Å². The highest BCUT2D eigenvalue weighted by atomic mass is 16.1. The Balaban J connectivity index is 1.29. The smallest absolute Gasteiger partial charge is 0.251 e. The van der Waals surface area contributed by atoms with Gasteiger partial charge in [0.1, 0.15) is 0 Å². The van der Waals surface area contributed by atoms with E-state index in [1.807, 2.05) is 49.4 Å². The maximum atomic E-state index is 12.6. The Morgan fingerprint density at radius 2 is 1.56 bits per heavy atom. The molecular weight excluding hydrogens is 394 g/mol. The van der Waals surface area contributed by atoms with Crippen molar-refractivity contribution in [3.8, 4) is 0 Å². The number of carbonyl (C=O) groups is 1. The number of nitrogens with one attached hydrogen (secondary N) is 1. The highest BCUT2D eigenvalue weighted by molar-refractivity contribution is 5.94. The minimum atomic E-state index is -0.0324. The Labute approximate surface area is 191 Å². The van der Waals surface area contributed by atoms with Crippen molar-refractivity contribution >= 4 is 11.6 Å². The van der Waals surface area contributed by atoms with Crippen LogP contribution in [0.5, 0.6) is 0 Å². The fraction of sp³-hybridized carbons (Fsp3) is 0.321. The van der Waals surface area contributed by atoms with Crippen LogP contribution in [0.25, 0.3) is 0 Å². The van der Waals surface area contributed by atoms with Crippen LogP contribution < -0.4 is 10.2 Å². The lowest BCUT2D eigenvalue weighted by molar-refractivity contribution is 0.0940. The van der Waals surface area contributed by atoms with Crippen molar-refractivity contribution in [1.82, 2.24) is 10.2 Å².